The second-order valence-electron chi connectivity index (χ2n) is 4.67. The van der Waals surface area contributed by atoms with Crippen molar-refractivity contribution in [1.29, 1.82) is 0 Å². The summed E-state index contributed by atoms with van der Waals surface area (Å²) >= 11 is 0. The number of hydrogen-bond acceptors (Lipinski definition) is 6. The minimum absolute atomic E-state index is 0.438. The summed E-state index contributed by atoms with van der Waals surface area (Å²) in [4.78, 5) is 11.1. The van der Waals surface area contributed by atoms with E-state index in [1.54, 1.807) is 6.20 Å². The Hall–Kier alpha value is -1.89. The van der Waals surface area contributed by atoms with Gasteiger partial charge in [-0.1, -0.05) is 0 Å². The molecular weight excluding hydrogens is 230 g/mol. The van der Waals surface area contributed by atoms with E-state index in [0.717, 1.165) is 36.4 Å². The van der Waals surface area contributed by atoms with Gasteiger partial charge in [-0.3, -0.25) is 5.10 Å². The van der Waals surface area contributed by atoms with Crippen molar-refractivity contribution in [2.75, 3.05) is 37.8 Å². The van der Waals surface area contributed by atoms with Crippen LogP contribution >= 0.6 is 0 Å². The molecule has 7 heteroatoms. The summed E-state index contributed by atoms with van der Waals surface area (Å²) in [7, 11) is 3.94. The molecule has 3 N–H and O–H groups in total. The molecule has 18 heavy (non-hydrogen) atoms. The van der Waals surface area contributed by atoms with Gasteiger partial charge in [0.05, 0.1) is 11.6 Å². The molecule has 0 aliphatic carbocycles. The van der Waals surface area contributed by atoms with E-state index in [2.05, 4.69) is 42.7 Å². The Balaban J connectivity index is 1.92. The number of aromatic nitrogens is 4. The van der Waals surface area contributed by atoms with Crippen LogP contribution in [0.15, 0.2) is 6.20 Å². The van der Waals surface area contributed by atoms with Gasteiger partial charge in [0.2, 0.25) is 5.95 Å². The first-order chi connectivity index (χ1) is 8.76. The Bertz CT molecular complexity index is 549. The molecule has 0 amide bonds. The summed E-state index contributed by atoms with van der Waals surface area (Å²) in [5, 5.41) is 14.3. The highest BCUT2D eigenvalue weighted by atomic mass is 15.2. The zero-order valence-electron chi connectivity index (χ0n) is 10.6. The molecule has 7 nitrogen and oxygen atoms in total. The number of H-pyrrole nitrogens is 1. The molecule has 0 radical (unpaired) electrons. The molecule has 1 aliphatic rings. The van der Waals surface area contributed by atoms with E-state index in [0.29, 0.717) is 12.0 Å². The molecular formula is C11H17N7. The SMILES string of the molecule is CNc1nc(NC2CCN(C)C2)c2cn[nH]c2n1. The van der Waals surface area contributed by atoms with Crippen LogP contribution in [0, 0.1) is 0 Å². The quantitative estimate of drug-likeness (QED) is 0.733. The maximum atomic E-state index is 4.47. The third-order valence-corrected chi connectivity index (χ3v) is 3.27. The fourth-order valence-electron chi connectivity index (χ4n) is 2.30. The van der Waals surface area contributed by atoms with Gasteiger partial charge in [-0.05, 0) is 20.0 Å². The molecule has 1 aliphatic heterocycles. The summed E-state index contributed by atoms with van der Waals surface area (Å²) in [6, 6.07) is 0.438. The van der Waals surface area contributed by atoms with Gasteiger partial charge in [0.1, 0.15) is 5.82 Å². The number of anilines is 2. The minimum Gasteiger partial charge on any atom is -0.365 e. The maximum absolute atomic E-state index is 4.47. The lowest BCUT2D eigenvalue weighted by atomic mass is 10.2. The lowest BCUT2D eigenvalue weighted by molar-refractivity contribution is 0.414. The second kappa shape index (κ2) is 4.41. The molecule has 96 valence electrons. The van der Waals surface area contributed by atoms with Crippen LogP contribution < -0.4 is 10.6 Å². The summed E-state index contributed by atoms with van der Waals surface area (Å²) in [6.07, 6.45) is 2.89. The van der Waals surface area contributed by atoms with E-state index >= 15 is 0 Å². The monoisotopic (exact) mass is 247 g/mol. The zero-order chi connectivity index (χ0) is 12.5. The van der Waals surface area contributed by atoms with Crippen molar-refractivity contribution in [1.82, 2.24) is 25.1 Å². The molecule has 2 aromatic rings. The van der Waals surface area contributed by atoms with Crippen LogP contribution in [0.3, 0.4) is 0 Å². The topological polar surface area (TPSA) is 81.8 Å². The van der Waals surface area contributed by atoms with E-state index in [1.165, 1.54) is 0 Å². The lowest BCUT2D eigenvalue weighted by Crippen LogP contribution is -2.24. The molecule has 1 unspecified atom stereocenters. The second-order valence-corrected chi connectivity index (χ2v) is 4.67. The van der Waals surface area contributed by atoms with E-state index in [1.807, 2.05) is 7.05 Å². The van der Waals surface area contributed by atoms with Crippen LogP contribution in [0.4, 0.5) is 11.8 Å². The minimum atomic E-state index is 0.438. The van der Waals surface area contributed by atoms with Crippen LogP contribution in [0.5, 0.6) is 0 Å². The summed E-state index contributed by atoms with van der Waals surface area (Å²) in [5.74, 6) is 1.44. The number of nitrogens with zero attached hydrogens (tertiary/aromatic N) is 4. The van der Waals surface area contributed by atoms with E-state index in [4.69, 9.17) is 0 Å². The van der Waals surface area contributed by atoms with Crippen molar-refractivity contribution in [3.05, 3.63) is 6.20 Å². The van der Waals surface area contributed by atoms with Crippen molar-refractivity contribution < 1.29 is 0 Å². The van der Waals surface area contributed by atoms with Gasteiger partial charge in [-0.15, -0.1) is 0 Å². The number of nitrogens with one attached hydrogen (secondary N) is 3. The van der Waals surface area contributed by atoms with E-state index in [-0.39, 0.29) is 0 Å². The highest BCUT2D eigenvalue weighted by Crippen LogP contribution is 2.22. The maximum Gasteiger partial charge on any atom is 0.226 e. The van der Waals surface area contributed by atoms with Crippen LogP contribution in [-0.2, 0) is 0 Å². The molecule has 0 saturated carbocycles. The van der Waals surface area contributed by atoms with Crippen LogP contribution in [0.2, 0.25) is 0 Å². The average Bonchev–Trinajstić information content (AvgIpc) is 2.98. The van der Waals surface area contributed by atoms with Gasteiger partial charge in [0.25, 0.3) is 0 Å². The van der Waals surface area contributed by atoms with Crippen molar-refractivity contribution in [2.24, 2.45) is 0 Å². The molecule has 0 spiro atoms. The Kier molecular flexibility index (Phi) is 2.75. The van der Waals surface area contributed by atoms with Gasteiger partial charge >= 0.3 is 0 Å². The first-order valence-electron chi connectivity index (χ1n) is 6.10. The van der Waals surface area contributed by atoms with Gasteiger partial charge in [0.15, 0.2) is 5.65 Å². The highest BCUT2D eigenvalue weighted by Gasteiger charge is 2.21. The van der Waals surface area contributed by atoms with Gasteiger partial charge in [-0.2, -0.15) is 15.1 Å². The standard InChI is InChI=1S/C11H17N7/c1-12-11-15-9(8-5-13-17-10(8)16-11)14-7-3-4-18(2)6-7/h5,7H,3-4,6H2,1-2H3,(H3,12,13,14,15,16,17). The number of aromatic amines is 1. The van der Waals surface area contributed by atoms with E-state index < -0.39 is 0 Å². The smallest absolute Gasteiger partial charge is 0.226 e. The fraction of sp³-hybridized carbons (Fsp3) is 0.545. The lowest BCUT2D eigenvalue weighted by Gasteiger charge is -2.14. The Morgan fingerprint density at radius 3 is 3.06 bits per heavy atom. The summed E-state index contributed by atoms with van der Waals surface area (Å²) in [5.41, 5.74) is 0.753. The molecule has 3 rings (SSSR count). The normalized spacial score (nSPS) is 20.4. The first-order valence-corrected chi connectivity index (χ1v) is 6.10. The summed E-state index contributed by atoms with van der Waals surface area (Å²) in [6.45, 7) is 2.16. The van der Waals surface area contributed by atoms with Crippen LogP contribution in [-0.4, -0.2) is 58.3 Å². The van der Waals surface area contributed by atoms with E-state index in [9.17, 15) is 0 Å². The van der Waals surface area contributed by atoms with Crippen molar-refractivity contribution in [3.8, 4) is 0 Å². The molecule has 1 saturated heterocycles. The fourth-order valence-corrected chi connectivity index (χ4v) is 2.30. The molecule has 0 aromatic carbocycles. The summed E-state index contributed by atoms with van der Waals surface area (Å²) < 4.78 is 0. The third-order valence-electron chi connectivity index (χ3n) is 3.27. The zero-order valence-corrected chi connectivity index (χ0v) is 10.6. The third kappa shape index (κ3) is 1.97. The molecule has 1 fully saturated rings. The van der Waals surface area contributed by atoms with Crippen molar-refractivity contribution in [2.45, 2.75) is 12.5 Å². The number of likely N-dealkylation sites (tertiary alicyclic amines) is 1. The molecule has 3 heterocycles. The molecule has 1 atom stereocenters. The number of likely N-dealkylation sites (N-methyl/N-ethyl adjacent to an activating group) is 1. The predicted octanol–water partition coefficient (Wildman–Crippen LogP) is 0.511. The van der Waals surface area contributed by atoms with Gasteiger partial charge in [-0.25, -0.2) is 0 Å². The first kappa shape index (κ1) is 11.2. The Morgan fingerprint density at radius 1 is 1.44 bits per heavy atom. The number of fused-ring (bicyclic) bond motifs is 1. The van der Waals surface area contributed by atoms with Crippen LogP contribution in [0.25, 0.3) is 11.0 Å². The number of hydrogen-bond donors (Lipinski definition) is 3. The van der Waals surface area contributed by atoms with Crippen molar-refractivity contribution in [3.63, 3.8) is 0 Å². The Labute approximate surface area is 105 Å². The molecule has 0 bridgehead atoms. The predicted molar refractivity (Wildman–Crippen MR) is 70.8 cm³/mol. The Morgan fingerprint density at radius 2 is 2.33 bits per heavy atom. The van der Waals surface area contributed by atoms with Gasteiger partial charge < -0.3 is 15.5 Å². The van der Waals surface area contributed by atoms with Crippen LogP contribution in [0.1, 0.15) is 6.42 Å². The average molecular weight is 247 g/mol. The van der Waals surface area contributed by atoms with Crippen molar-refractivity contribution >= 4 is 22.8 Å². The number of rotatable bonds is 3. The largest absolute Gasteiger partial charge is 0.365 e. The highest BCUT2D eigenvalue weighted by molar-refractivity contribution is 5.87. The van der Waals surface area contributed by atoms with Gasteiger partial charge in [0, 0.05) is 19.6 Å². The molecule has 2 aromatic heterocycles.